The number of carbonyl (C=O) groups excluding carboxylic acids is 1. The number of methoxy groups -OCH3 is 1. The number of nitrogens with zero attached hydrogens (tertiary/aromatic N) is 1. The van der Waals surface area contributed by atoms with E-state index >= 15 is 0 Å². The van der Waals surface area contributed by atoms with Gasteiger partial charge in [0.15, 0.2) is 11.6 Å². The fraction of sp³-hybridized carbons (Fsp3) is 0.462. The van der Waals surface area contributed by atoms with Crippen LogP contribution in [0.3, 0.4) is 0 Å². The standard InChI is InChI=1S/C13H16ClF2NO2/c1-17(7-10(14)8-19-2)12(18)6-9-4-3-5-11(15)13(9)16/h3-5,10H,6-8H2,1-2H3. The number of rotatable bonds is 6. The zero-order chi connectivity index (χ0) is 14.4. The van der Waals surface area contributed by atoms with Crippen LogP contribution < -0.4 is 0 Å². The number of ether oxygens (including phenoxy) is 1. The molecule has 0 aliphatic rings. The van der Waals surface area contributed by atoms with Gasteiger partial charge in [0, 0.05) is 26.3 Å². The van der Waals surface area contributed by atoms with Crippen molar-refractivity contribution in [3.63, 3.8) is 0 Å². The van der Waals surface area contributed by atoms with E-state index in [2.05, 4.69) is 0 Å². The van der Waals surface area contributed by atoms with E-state index in [1.165, 1.54) is 24.1 Å². The Morgan fingerprint density at radius 1 is 1.47 bits per heavy atom. The molecule has 1 amide bonds. The highest BCUT2D eigenvalue weighted by Crippen LogP contribution is 2.13. The smallest absolute Gasteiger partial charge is 0.226 e. The molecule has 0 bridgehead atoms. The average molecular weight is 292 g/mol. The summed E-state index contributed by atoms with van der Waals surface area (Å²) in [5.41, 5.74) is 0.0368. The van der Waals surface area contributed by atoms with Gasteiger partial charge in [-0.15, -0.1) is 11.6 Å². The topological polar surface area (TPSA) is 29.5 Å². The summed E-state index contributed by atoms with van der Waals surface area (Å²) >= 11 is 5.93. The van der Waals surface area contributed by atoms with E-state index in [1.54, 1.807) is 7.05 Å². The van der Waals surface area contributed by atoms with Gasteiger partial charge in [-0.05, 0) is 6.07 Å². The summed E-state index contributed by atoms with van der Waals surface area (Å²) < 4.78 is 31.3. The molecular weight excluding hydrogens is 276 g/mol. The summed E-state index contributed by atoms with van der Waals surface area (Å²) in [6, 6.07) is 3.77. The summed E-state index contributed by atoms with van der Waals surface area (Å²) in [7, 11) is 3.07. The maximum atomic E-state index is 13.4. The number of alkyl halides is 1. The van der Waals surface area contributed by atoms with Gasteiger partial charge in [0.05, 0.1) is 18.4 Å². The van der Waals surface area contributed by atoms with E-state index in [4.69, 9.17) is 16.3 Å². The van der Waals surface area contributed by atoms with Crippen LogP contribution in [0.5, 0.6) is 0 Å². The molecule has 1 rings (SSSR count). The van der Waals surface area contributed by atoms with Gasteiger partial charge in [-0.25, -0.2) is 8.78 Å². The van der Waals surface area contributed by atoms with Crippen LogP contribution in [0.4, 0.5) is 8.78 Å². The van der Waals surface area contributed by atoms with Gasteiger partial charge in [-0.3, -0.25) is 4.79 Å². The molecule has 0 aliphatic carbocycles. The molecule has 0 radical (unpaired) electrons. The van der Waals surface area contributed by atoms with E-state index in [1.807, 2.05) is 0 Å². The molecule has 106 valence electrons. The third kappa shape index (κ3) is 4.76. The lowest BCUT2D eigenvalue weighted by molar-refractivity contribution is -0.129. The summed E-state index contributed by atoms with van der Waals surface area (Å²) in [5, 5.41) is -0.337. The molecule has 19 heavy (non-hydrogen) atoms. The minimum Gasteiger partial charge on any atom is -0.383 e. The molecule has 1 aromatic rings. The molecule has 1 aromatic carbocycles. The van der Waals surface area contributed by atoms with Gasteiger partial charge in [-0.2, -0.15) is 0 Å². The van der Waals surface area contributed by atoms with Crippen molar-refractivity contribution in [3.05, 3.63) is 35.4 Å². The van der Waals surface area contributed by atoms with Gasteiger partial charge in [-0.1, -0.05) is 12.1 Å². The normalized spacial score (nSPS) is 12.3. The van der Waals surface area contributed by atoms with E-state index in [9.17, 15) is 13.6 Å². The van der Waals surface area contributed by atoms with Crippen molar-refractivity contribution in [2.75, 3.05) is 27.3 Å². The number of likely N-dealkylation sites (N-methyl/N-ethyl adjacent to an activating group) is 1. The van der Waals surface area contributed by atoms with E-state index in [0.29, 0.717) is 6.61 Å². The van der Waals surface area contributed by atoms with Crippen molar-refractivity contribution in [1.82, 2.24) is 4.90 Å². The summed E-state index contributed by atoms with van der Waals surface area (Å²) in [5.74, 6) is -2.27. The predicted octanol–water partition coefficient (Wildman–Crippen LogP) is 2.22. The van der Waals surface area contributed by atoms with Crippen LogP contribution in [0.25, 0.3) is 0 Å². The molecule has 0 spiro atoms. The molecule has 1 unspecified atom stereocenters. The van der Waals surface area contributed by atoms with Crippen molar-refractivity contribution in [3.8, 4) is 0 Å². The van der Waals surface area contributed by atoms with Crippen molar-refractivity contribution >= 4 is 17.5 Å². The maximum Gasteiger partial charge on any atom is 0.226 e. The van der Waals surface area contributed by atoms with Gasteiger partial charge in [0.2, 0.25) is 5.91 Å². The zero-order valence-electron chi connectivity index (χ0n) is 10.8. The third-order valence-electron chi connectivity index (χ3n) is 2.62. The molecule has 0 saturated carbocycles. The minimum absolute atomic E-state index is 0.0368. The molecule has 1 atom stereocenters. The monoisotopic (exact) mass is 291 g/mol. The highest BCUT2D eigenvalue weighted by molar-refractivity contribution is 6.21. The lowest BCUT2D eigenvalue weighted by Gasteiger charge is -2.20. The highest BCUT2D eigenvalue weighted by Gasteiger charge is 2.17. The van der Waals surface area contributed by atoms with Crippen LogP contribution >= 0.6 is 11.6 Å². The van der Waals surface area contributed by atoms with Crippen LogP contribution in [0.15, 0.2) is 18.2 Å². The molecule has 3 nitrogen and oxygen atoms in total. The molecule has 0 heterocycles. The number of halogens is 3. The fourth-order valence-corrected chi connectivity index (χ4v) is 1.95. The number of hydrogen-bond acceptors (Lipinski definition) is 2. The maximum absolute atomic E-state index is 13.4. The SMILES string of the molecule is COCC(Cl)CN(C)C(=O)Cc1cccc(F)c1F. The Morgan fingerprint density at radius 2 is 2.16 bits per heavy atom. The second-order valence-corrected chi connectivity index (χ2v) is 4.83. The van der Waals surface area contributed by atoms with Crippen molar-refractivity contribution in [2.24, 2.45) is 0 Å². The van der Waals surface area contributed by atoms with E-state index < -0.39 is 11.6 Å². The van der Waals surface area contributed by atoms with Gasteiger partial charge in [0.25, 0.3) is 0 Å². The Bertz CT molecular complexity index is 443. The Morgan fingerprint density at radius 3 is 2.79 bits per heavy atom. The van der Waals surface area contributed by atoms with Crippen LogP contribution in [0.1, 0.15) is 5.56 Å². The molecule has 0 fully saturated rings. The molecule has 0 saturated heterocycles. The van der Waals surface area contributed by atoms with Crippen molar-refractivity contribution < 1.29 is 18.3 Å². The summed E-state index contributed by atoms with van der Waals surface area (Å²) in [4.78, 5) is 13.2. The quantitative estimate of drug-likeness (QED) is 0.752. The number of hydrogen-bond donors (Lipinski definition) is 0. The van der Waals surface area contributed by atoms with Gasteiger partial charge in [0.1, 0.15) is 0 Å². The molecule has 0 aliphatic heterocycles. The van der Waals surface area contributed by atoms with Crippen LogP contribution in [0.2, 0.25) is 0 Å². The Kier molecular flexibility index (Phi) is 6.18. The van der Waals surface area contributed by atoms with Crippen LogP contribution in [-0.2, 0) is 16.0 Å². The van der Waals surface area contributed by atoms with E-state index in [0.717, 1.165) is 6.07 Å². The lowest BCUT2D eigenvalue weighted by Crippen LogP contribution is -2.35. The highest BCUT2D eigenvalue weighted by atomic mass is 35.5. The van der Waals surface area contributed by atoms with Crippen LogP contribution in [-0.4, -0.2) is 43.5 Å². The summed E-state index contributed by atoms with van der Waals surface area (Å²) in [6.07, 6.45) is -0.198. The lowest BCUT2D eigenvalue weighted by atomic mass is 10.1. The summed E-state index contributed by atoms with van der Waals surface area (Å²) in [6.45, 7) is 0.596. The van der Waals surface area contributed by atoms with Crippen molar-refractivity contribution in [2.45, 2.75) is 11.8 Å². The minimum atomic E-state index is -0.983. The molecular formula is C13H16ClF2NO2. The third-order valence-corrected chi connectivity index (χ3v) is 2.88. The number of amides is 1. The Hall–Kier alpha value is -1.20. The largest absolute Gasteiger partial charge is 0.383 e. The van der Waals surface area contributed by atoms with Crippen LogP contribution in [0, 0.1) is 11.6 Å². The van der Waals surface area contributed by atoms with E-state index in [-0.39, 0.29) is 29.8 Å². The Balaban J connectivity index is 2.61. The fourth-order valence-electron chi connectivity index (χ4n) is 1.62. The first-order valence-electron chi connectivity index (χ1n) is 5.75. The molecule has 6 heteroatoms. The predicted molar refractivity (Wildman–Crippen MR) is 69.2 cm³/mol. The van der Waals surface area contributed by atoms with Gasteiger partial charge < -0.3 is 9.64 Å². The first kappa shape index (κ1) is 15.9. The van der Waals surface area contributed by atoms with Crippen molar-refractivity contribution in [1.29, 1.82) is 0 Å². The number of carbonyl (C=O) groups is 1. The molecule has 0 N–H and O–H groups in total. The first-order valence-corrected chi connectivity index (χ1v) is 6.19. The Labute approximate surface area is 116 Å². The molecule has 0 aromatic heterocycles. The zero-order valence-corrected chi connectivity index (χ0v) is 11.6. The average Bonchev–Trinajstić information content (AvgIpc) is 2.35. The first-order chi connectivity index (χ1) is 8.95. The van der Waals surface area contributed by atoms with Gasteiger partial charge >= 0.3 is 0 Å². The second kappa shape index (κ2) is 7.40. The number of benzene rings is 1. The second-order valence-electron chi connectivity index (χ2n) is 4.22.